The first-order valence-electron chi connectivity index (χ1n) is 3.46. The summed E-state index contributed by atoms with van der Waals surface area (Å²) in [6.07, 6.45) is -0.839. The first-order valence-corrected chi connectivity index (χ1v) is 3.84. The molecular weight excluding hydrogens is 211 g/mol. The maximum atomic E-state index is 10.5. The van der Waals surface area contributed by atoms with Crippen molar-refractivity contribution in [2.45, 2.75) is 6.17 Å². The molecule has 0 saturated heterocycles. The van der Waals surface area contributed by atoms with Crippen molar-refractivity contribution >= 4 is 34.9 Å². The summed E-state index contributed by atoms with van der Waals surface area (Å²) < 4.78 is 0. The summed E-state index contributed by atoms with van der Waals surface area (Å²) in [7, 11) is 0. The Kier molecular flexibility index (Phi) is 5.46. The molecule has 1 atom stereocenters. The molecule has 0 aliphatic carbocycles. The molecule has 1 aromatic carbocycles. The number of halogens is 2. The fourth-order valence-electron chi connectivity index (χ4n) is 0.771. The second kappa shape index (κ2) is 5.80. The summed E-state index contributed by atoms with van der Waals surface area (Å²) in [5.74, 6) is 0. The zero-order chi connectivity index (χ0) is 8.97. The number of nitrogens with two attached hydrogens (primary N) is 1. The second-order valence-electron chi connectivity index (χ2n) is 2.29. The molecule has 0 bridgehead atoms. The monoisotopic (exact) mass is 220 g/mol. The average molecular weight is 221 g/mol. The van der Waals surface area contributed by atoms with Gasteiger partial charge < -0.3 is 11.1 Å². The lowest BCUT2D eigenvalue weighted by molar-refractivity contribution is -0.112. The van der Waals surface area contributed by atoms with E-state index in [0.29, 0.717) is 0 Å². The fraction of sp³-hybridized carbons (Fsp3) is 0.125. The smallest absolute Gasteiger partial charge is 0.258 e. The molecule has 13 heavy (non-hydrogen) atoms. The van der Waals surface area contributed by atoms with Crippen LogP contribution in [0.15, 0.2) is 30.3 Å². The number of nitrogens with one attached hydrogen (secondary N) is 1. The molecular formula is C8H10Cl2N2O. The van der Waals surface area contributed by atoms with Crippen molar-refractivity contribution in [2.75, 3.05) is 5.32 Å². The van der Waals surface area contributed by atoms with Crippen molar-refractivity contribution in [3.63, 3.8) is 0 Å². The van der Waals surface area contributed by atoms with E-state index in [2.05, 4.69) is 5.32 Å². The summed E-state index contributed by atoms with van der Waals surface area (Å²) >= 11 is 5.15. The van der Waals surface area contributed by atoms with E-state index in [1.54, 1.807) is 12.1 Å². The number of hydrogen-bond donors (Lipinski definition) is 2. The molecule has 72 valence electrons. The zero-order valence-corrected chi connectivity index (χ0v) is 8.31. The molecule has 0 spiro atoms. The molecule has 0 aliphatic heterocycles. The predicted molar refractivity (Wildman–Crippen MR) is 56.1 cm³/mol. The quantitative estimate of drug-likeness (QED) is 0.601. The minimum absolute atomic E-state index is 0. The topological polar surface area (TPSA) is 55.1 Å². The lowest BCUT2D eigenvalue weighted by atomic mass is 10.3. The molecule has 0 aromatic heterocycles. The Morgan fingerprint density at radius 1 is 1.38 bits per heavy atom. The number of anilines is 1. The van der Waals surface area contributed by atoms with E-state index in [1.807, 2.05) is 18.2 Å². The van der Waals surface area contributed by atoms with Crippen LogP contribution in [-0.2, 0) is 4.79 Å². The largest absolute Gasteiger partial charge is 0.363 e. The molecule has 1 rings (SSSR count). The lowest BCUT2D eigenvalue weighted by Gasteiger charge is -2.09. The Labute approximate surface area is 87.7 Å². The van der Waals surface area contributed by atoms with Crippen molar-refractivity contribution in [1.82, 2.24) is 0 Å². The van der Waals surface area contributed by atoms with Gasteiger partial charge in [0.2, 0.25) is 0 Å². The molecule has 0 aliphatic rings. The number of benzene rings is 1. The summed E-state index contributed by atoms with van der Waals surface area (Å²) in [5, 5.41) is 2.14. The first-order chi connectivity index (χ1) is 5.70. The van der Waals surface area contributed by atoms with E-state index in [9.17, 15) is 4.79 Å². The summed E-state index contributed by atoms with van der Waals surface area (Å²) in [6.45, 7) is 0. The molecule has 0 unspecified atom stereocenters. The normalized spacial score (nSPS) is 11.2. The molecule has 0 fully saturated rings. The molecule has 0 amide bonds. The van der Waals surface area contributed by atoms with Gasteiger partial charge in [0.05, 0.1) is 0 Å². The minimum atomic E-state index is -0.839. The van der Waals surface area contributed by atoms with Crippen LogP contribution < -0.4 is 11.1 Å². The third kappa shape index (κ3) is 4.12. The van der Waals surface area contributed by atoms with Gasteiger partial charge in [-0.25, -0.2) is 0 Å². The Morgan fingerprint density at radius 3 is 2.38 bits per heavy atom. The van der Waals surface area contributed by atoms with E-state index in [0.717, 1.165) is 5.69 Å². The van der Waals surface area contributed by atoms with Gasteiger partial charge in [0.25, 0.3) is 5.24 Å². The van der Waals surface area contributed by atoms with Crippen molar-refractivity contribution in [3.8, 4) is 0 Å². The SMILES string of the molecule is Cl.N[C@H](Nc1ccccc1)C(=O)Cl. The van der Waals surface area contributed by atoms with E-state index >= 15 is 0 Å². The third-order valence-corrected chi connectivity index (χ3v) is 1.58. The predicted octanol–water partition coefficient (Wildman–Crippen LogP) is 1.57. The standard InChI is InChI=1S/C8H9ClN2O.ClH/c9-7(12)8(10)11-6-4-2-1-3-5-6;/h1-5,8,11H,10H2;1H/t8-;/m1./s1. The Morgan fingerprint density at radius 2 is 1.92 bits per heavy atom. The number of carbonyl (C=O) groups excluding carboxylic acids is 1. The van der Waals surface area contributed by atoms with E-state index in [4.69, 9.17) is 17.3 Å². The van der Waals surface area contributed by atoms with Gasteiger partial charge in [-0.2, -0.15) is 0 Å². The van der Waals surface area contributed by atoms with Crippen LogP contribution in [0.5, 0.6) is 0 Å². The summed E-state index contributed by atoms with van der Waals surface area (Å²) in [6, 6.07) is 9.17. The highest BCUT2D eigenvalue weighted by molar-refractivity contribution is 6.64. The van der Waals surface area contributed by atoms with Gasteiger partial charge in [-0.05, 0) is 23.7 Å². The van der Waals surface area contributed by atoms with Gasteiger partial charge in [0.1, 0.15) is 0 Å². The molecule has 3 N–H and O–H groups in total. The van der Waals surface area contributed by atoms with E-state index in [-0.39, 0.29) is 12.4 Å². The summed E-state index contributed by atoms with van der Waals surface area (Å²) in [4.78, 5) is 10.5. The van der Waals surface area contributed by atoms with Crippen LogP contribution in [0.4, 0.5) is 5.69 Å². The maximum Gasteiger partial charge on any atom is 0.258 e. The van der Waals surface area contributed by atoms with Gasteiger partial charge in [-0.1, -0.05) is 18.2 Å². The van der Waals surface area contributed by atoms with Gasteiger partial charge in [-0.15, -0.1) is 12.4 Å². The number of hydrogen-bond acceptors (Lipinski definition) is 3. The van der Waals surface area contributed by atoms with Gasteiger partial charge in [0, 0.05) is 5.69 Å². The fourth-order valence-corrected chi connectivity index (χ4v) is 0.825. The van der Waals surface area contributed by atoms with Crippen LogP contribution in [0.3, 0.4) is 0 Å². The van der Waals surface area contributed by atoms with Crippen LogP contribution in [0.1, 0.15) is 0 Å². The van der Waals surface area contributed by atoms with Gasteiger partial charge >= 0.3 is 0 Å². The van der Waals surface area contributed by atoms with Crippen LogP contribution in [-0.4, -0.2) is 11.4 Å². The molecule has 0 radical (unpaired) electrons. The molecule has 5 heteroatoms. The lowest BCUT2D eigenvalue weighted by Crippen LogP contribution is -2.35. The highest BCUT2D eigenvalue weighted by Crippen LogP contribution is 2.05. The molecule has 0 heterocycles. The van der Waals surface area contributed by atoms with E-state index in [1.165, 1.54) is 0 Å². The number of rotatable bonds is 3. The van der Waals surface area contributed by atoms with Crippen LogP contribution in [0.25, 0.3) is 0 Å². The van der Waals surface area contributed by atoms with Crippen molar-refractivity contribution < 1.29 is 4.79 Å². The van der Waals surface area contributed by atoms with Crippen LogP contribution >= 0.6 is 24.0 Å². The van der Waals surface area contributed by atoms with E-state index < -0.39 is 11.4 Å². The highest BCUT2D eigenvalue weighted by atomic mass is 35.5. The molecule has 3 nitrogen and oxygen atoms in total. The maximum absolute atomic E-state index is 10.5. The first kappa shape index (κ1) is 12.2. The Balaban J connectivity index is 0.00000144. The van der Waals surface area contributed by atoms with Crippen molar-refractivity contribution in [1.29, 1.82) is 0 Å². The average Bonchev–Trinajstić information content (AvgIpc) is 2.06. The van der Waals surface area contributed by atoms with Crippen LogP contribution in [0, 0.1) is 0 Å². The van der Waals surface area contributed by atoms with Crippen LogP contribution in [0.2, 0.25) is 0 Å². The minimum Gasteiger partial charge on any atom is -0.363 e. The Bertz CT molecular complexity index is 266. The number of para-hydroxylation sites is 1. The van der Waals surface area contributed by atoms with Gasteiger partial charge in [-0.3, -0.25) is 4.79 Å². The third-order valence-electron chi connectivity index (χ3n) is 1.34. The van der Waals surface area contributed by atoms with Gasteiger partial charge in [0.15, 0.2) is 6.17 Å². The molecule has 1 aromatic rings. The van der Waals surface area contributed by atoms with Crippen molar-refractivity contribution in [2.24, 2.45) is 5.73 Å². The highest BCUT2D eigenvalue weighted by Gasteiger charge is 2.08. The zero-order valence-electron chi connectivity index (χ0n) is 6.74. The Hall–Kier alpha value is -0.770. The second-order valence-corrected chi connectivity index (χ2v) is 2.66. The van der Waals surface area contributed by atoms with Crippen molar-refractivity contribution in [3.05, 3.63) is 30.3 Å². The number of carbonyl (C=O) groups is 1. The summed E-state index contributed by atoms with van der Waals surface area (Å²) in [5.41, 5.74) is 6.13. The molecule has 0 saturated carbocycles.